The fourth-order valence-corrected chi connectivity index (χ4v) is 3.73. The van der Waals surface area contributed by atoms with E-state index < -0.39 is 6.10 Å². The molecule has 2 N–H and O–H groups in total. The van der Waals surface area contributed by atoms with Crippen LogP contribution in [0.5, 0.6) is 17.2 Å². The van der Waals surface area contributed by atoms with Crippen molar-refractivity contribution in [1.29, 1.82) is 0 Å². The van der Waals surface area contributed by atoms with E-state index in [-0.39, 0.29) is 12.3 Å². The average Bonchev–Trinajstić information content (AvgIpc) is 3.25. The van der Waals surface area contributed by atoms with Crippen LogP contribution in [0.3, 0.4) is 0 Å². The second-order valence-corrected chi connectivity index (χ2v) is 8.46. The molecule has 1 aliphatic rings. The van der Waals surface area contributed by atoms with E-state index in [0.717, 1.165) is 34.6 Å². The van der Waals surface area contributed by atoms with Crippen molar-refractivity contribution in [3.63, 3.8) is 0 Å². The Morgan fingerprint density at radius 3 is 2.52 bits per heavy atom. The van der Waals surface area contributed by atoms with Crippen molar-refractivity contribution >= 4 is 0 Å². The first-order chi connectivity index (χ1) is 15.0. The molecule has 1 unspecified atom stereocenters. The van der Waals surface area contributed by atoms with E-state index in [1.807, 2.05) is 66.7 Å². The SMILES string of the molecule is CC(C)(Cc1ccc2c(c1)OCO2)NCC(O)c1ccccc1OCc1ccccc1. The van der Waals surface area contributed by atoms with Crippen molar-refractivity contribution in [2.75, 3.05) is 13.3 Å². The van der Waals surface area contributed by atoms with Crippen molar-refractivity contribution in [3.05, 3.63) is 89.5 Å². The van der Waals surface area contributed by atoms with E-state index in [4.69, 9.17) is 14.2 Å². The van der Waals surface area contributed by atoms with Crippen LogP contribution in [0.2, 0.25) is 0 Å². The van der Waals surface area contributed by atoms with Gasteiger partial charge in [0.2, 0.25) is 6.79 Å². The summed E-state index contributed by atoms with van der Waals surface area (Å²) in [4.78, 5) is 0. The number of rotatable bonds is 9. The van der Waals surface area contributed by atoms with Crippen LogP contribution in [0, 0.1) is 0 Å². The summed E-state index contributed by atoms with van der Waals surface area (Å²) < 4.78 is 16.9. The minimum atomic E-state index is -0.678. The molecule has 0 fully saturated rings. The molecule has 3 aromatic carbocycles. The number of β-amino-alcohol motifs (C(OH)–C–C–N with tert-alkyl or cyclic N) is 1. The number of para-hydroxylation sites is 1. The minimum absolute atomic E-state index is 0.214. The van der Waals surface area contributed by atoms with Gasteiger partial charge in [0.05, 0.1) is 6.10 Å². The second-order valence-electron chi connectivity index (χ2n) is 8.46. The van der Waals surface area contributed by atoms with Crippen molar-refractivity contribution in [3.8, 4) is 17.2 Å². The van der Waals surface area contributed by atoms with Gasteiger partial charge < -0.3 is 24.6 Å². The molecule has 1 atom stereocenters. The maximum absolute atomic E-state index is 10.9. The summed E-state index contributed by atoms with van der Waals surface area (Å²) in [5, 5.41) is 14.4. The zero-order chi connectivity index (χ0) is 21.7. The van der Waals surface area contributed by atoms with Gasteiger partial charge in [-0.15, -0.1) is 0 Å². The Morgan fingerprint density at radius 1 is 0.935 bits per heavy atom. The first-order valence-electron chi connectivity index (χ1n) is 10.6. The molecule has 0 bridgehead atoms. The molecule has 5 heteroatoms. The quantitative estimate of drug-likeness (QED) is 0.529. The summed E-state index contributed by atoms with van der Waals surface area (Å²) in [5.41, 5.74) is 2.82. The predicted molar refractivity (Wildman–Crippen MR) is 121 cm³/mol. The number of nitrogens with one attached hydrogen (secondary N) is 1. The fourth-order valence-electron chi connectivity index (χ4n) is 3.73. The van der Waals surface area contributed by atoms with Gasteiger partial charge in [0.1, 0.15) is 12.4 Å². The van der Waals surface area contributed by atoms with Crippen LogP contribution in [-0.2, 0) is 13.0 Å². The topological polar surface area (TPSA) is 60.0 Å². The molecule has 0 aromatic heterocycles. The van der Waals surface area contributed by atoms with Gasteiger partial charge in [0, 0.05) is 17.6 Å². The minimum Gasteiger partial charge on any atom is -0.489 e. The third-order valence-electron chi connectivity index (χ3n) is 5.37. The molecule has 1 heterocycles. The first-order valence-corrected chi connectivity index (χ1v) is 10.6. The van der Waals surface area contributed by atoms with Gasteiger partial charge in [0.15, 0.2) is 11.5 Å². The van der Waals surface area contributed by atoms with Crippen molar-refractivity contribution < 1.29 is 19.3 Å². The van der Waals surface area contributed by atoms with Gasteiger partial charge >= 0.3 is 0 Å². The van der Waals surface area contributed by atoms with Crippen LogP contribution in [0.4, 0.5) is 0 Å². The molecule has 0 saturated carbocycles. The van der Waals surface area contributed by atoms with E-state index in [1.54, 1.807) is 0 Å². The van der Waals surface area contributed by atoms with Crippen LogP contribution < -0.4 is 19.5 Å². The number of fused-ring (bicyclic) bond motifs is 1. The summed E-state index contributed by atoms with van der Waals surface area (Å²) in [6.07, 6.45) is 0.116. The van der Waals surface area contributed by atoms with Crippen molar-refractivity contribution in [2.45, 2.75) is 38.5 Å². The Hall–Kier alpha value is -3.02. The molecule has 162 valence electrons. The maximum atomic E-state index is 10.9. The molecule has 0 spiro atoms. The zero-order valence-electron chi connectivity index (χ0n) is 18.0. The molecule has 1 aliphatic heterocycles. The Balaban J connectivity index is 1.36. The Kier molecular flexibility index (Phi) is 6.44. The largest absolute Gasteiger partial charge is 0.489 e. The highest BCUT2D eigenvalue weighted by atomic mass is 16.7. The second kappa shape index (κ2) is 9.41. The summed E-state index contributed by atoms with van der Waals surface area (Å²) in [5.74, 6) is 2.28. The van der Waals surface area contributed by atoms with Crippen LogP contribution >= 0.6 is 0 Å². The van der Waals surface area contributed by atoms with Crippen LogP contribution in [0.25, 0.3) is 0 Å². The van der Waals surface area contributed by atoms with E-state index in [1.165, 1.54) is 0 Å². The smallest absolute Gasteiger partial charge is 0.231 e. The monoisotopic (exact) mass is 419 g/mol. The molecular formula is C26H29NO4. The molecule has 0 amide bonds. The zero-order valence-corrected chi connectivity index (χ0v) is 18.0. The Labute approximate surface area is 183 Å². The molecule has 0 saturated heterocycles. The molecule has 0 radical (unpaired) electrons. The van der Waals surface area contributed by atoms with Gasteiger partial charge in [-0.25, -0.2) is 0 Å². The molecule has 0 aliphatic carbocycles. The van der Waals surface area contributed by atoms with Gasteiger partial charge in [-0.2, -0.15) is 0 Å². The highest BCUT2D eigenvalue weighted by molar-refractivity contribution is 5.44. The Morgan fingerprint density at radius 2 is 1.68 bits per heavy atom. The lowest BCUT2D eigenvalue weighted by molar-refractivity contribution is 0.154. The highest BCUT2D eigenvalue weighted by Crippen LogP contribution is 2.33. The molecule has 31 heavy (non-hydrogen) atoms. The molecule has 3 aromatic rings. The van der Waals surface area contributed by atoms with E-state index >= 15 is 0 Å². The lowest BCUT2D eigenvalue weighted by Gasteiger charge is -2.28. The van der Waals surface area contributed by atoms with Crippen molar-refractivity contribution in [2.24, 2.45) is 0 Å². The summed E-state index contributed by atoms with van der Waals surface area (Å²) in [7, 11) is 0. The van der Waals surface area contributed by atoms with E-state index in [2.05, 4.69) is 25.2 Å². The van der Waals surface area contributed by atoms with Crippen LogP contribution in [-0.4, -0.2) is 24.0 Å². The van der Waals surface area contributed by atoms with Gasteiger partial charge in [-0.05, 0) is 49.6 Å². The lowest BCUT2D eigenvalue weighted by Crippen LogP contribution is -2.43. The predicted octanol–water partition coefficient (Wildman–Crippen LogP) is 4.64. The number of benzene rings is 3. The van der Waals surface area contributed by atoms with E-state index in [9.17, 15) is 5.11 Å². The third-order valence-corrected chi connectivity index (χ3v) is 5.37. The molecule has 4 rings (SSSR count). The number of hydrogen-bond acceptors (Lipinski definition) is 5. The summed E-state index contributed by atoms with van der Waals surface area (Å²) >= 11 is 0. The number of hydrogen-bond donors (Lipinski definition) is 2. The average molecular weight is 420 g/mol. The molecular weight excluding hydrogens is 390 g/mol. The number of ether oxygens (including phenoxy) is 3. The van der Waals surface area contributed by atoms with Crippen LogP contribution in [0.15, 0.2) is 72.8 Å². The Bertz CT molecular complexity index is 1000. The molecule has 5 nitrogen and oxygen atoms in total. The summed E-state index contributed by atoms with van der Waals surface area (Å²) in [6.45, 7) is 5.42. The van der Waals surface area contributed by atoms with Gasteiger partial charge in [-0.1, -0.05) is 54.6 Å². The summed E-state index contributed by atoms with van der Waals surface area (Å²) in [6, 6.07) is 23.7. The lowest BCUT2D eigenvalue weighted by atomic mass is 9.94. The van der Waals surface area contributed by atoms with Gasteiger partial charge in [0.25, 0.3) is 0 Å². The van der Waals surface area contributed by atoms with Crippen LogP contribution in [0.1, 0.15) is 36.6 Å². The number of aliphatic hydroxyl groups excluding tert-OH is 1. The standard InChI is InChI=1S/C26H29NO4/c1-26(2,15-20-12-13-24-25(14-20)31-18-30-24)27-16-22(28)21-10-6-7-11-23(21)29-17-19-8-4-3-5-9-19/h3-14,22,27-28H,15-18H2,1-2H3. The first kappa shape index (κ1) is 21.2. The normalized spacial score (nSPS) is 13.8. The maximum Gasteiger partial charge on any atom is 0.231 e. The van der Waals surface area contributed by atoms with Crippen molar-refractivity contribution in [1.82, 2.24) is 5.32 Å². The van der Waals surface area contributed by atoms with E-state index in [0.29, 0.717) is 18.9 Å². The fraction of sp³-hybridized carbons (Fsp3) is 0.308. The third kappa shape index (κ3) is 5.57. The highest BCUT2D eigenvalue weighted by Gasteiger charge is 2.23. The van der Waals surface area contributed by atoms with Gasteiger partial charge in [-0.3, -0.25) is 0 Å². The number of aliphatic hydroxyl groups is 1.